The van der Waals surface area contributed by atoms with Gasteiger partial charge >= 0.3 is 5.97 Å². The van der Waals surface area contributed by atoms with Crippen molar-refractivity contribution in [3.8, 4) is 11.5 Å². The van der Waals surface area contributed by atoms with Crippen molar-refractivity contribution in [2.24, 2.45) is 0 Å². The summed E-state index contributed by atoms with van der Waals surface area (Å²) in [5.74, 6) is 0.572. The highest BCUT2D eigenvalue weighted by Crippen LogP contribution is 2.38. The molecule has 1 atom stereocenters. The van der Waals surface area contributed by atoms with E-state index >= 15 is 0 Å². The van der Waals surface area contributed by atoms with Crippen LogP contribution in [0.25, 0.3) is 6.08 Å². The number of rotatable bonds is 6. The molecule has 7 nitrogen and oxygen atoms in total. The fourth-order valence-electron chi connectivity index (χ4n) is 2.51. The van der Waals surface area contributed by atoms with E-state index in [1.54, 1.807) is 24.3 Å². The maximum absolute atomic E-state index is 12.0. The monoisotopic (exact) mass is 405 g/mol. The molecule has 1 aliphatic heterocycles. The molecule has 1 N–H and O–H groups in total. The van der Waals surface area contributed by atoms with E-state index in [2.05, 4.69) is 5.32 Å². The predicted octanol–water partition coefficient (Wildman–Crippen LogP) is 3.36. The van der Waals surface area contributed by atoms with Crippen LogP contribution in [0, 0.1) is 0 Å². The zero-order chi connectivity index (χ0) is 19.9. The van der Waals surface area contributed by atoms with E-state index in [0.717, 1.165) is 6.42 Å². The number of carbonyl (C=O) groups is 2. The molecule has 2 heterocycles. The van der Waals surface area contributed by atoms with Gasteiger partial charge < -0.3 is 23.9 Å². The Balaban J connectivity index is 1.55. The van der Waals surface area contributed by atoms with Gasteiger partial charge in [-0.3, -0.25) is 4.79 Å². The van der Waals surface area contributed by atoms with Gasteiger partial charge in [0.05, 0.1) is 31.0 Å². The summed E-state index contributed by atoms with van der Waals surface area (Å²) in [6.07, 6.45) is 4.10. The molecule has 0 saturated heterocycles. The molecule has 0 spiro atoms. The Morgan fingerprint density at radius 2 is 2.14 bits per heavy atom. The van der Waals surface area contributed by atoms with Crippen molar-refractivity contribution in [2.75, 3.05) is 13.2 Å². The zero-order valence-electron chi connectivity index (χ0n) is 15.3. The summed E-state index contributed by atoms with van der Waals surface area (Å²) < 4.78 is 21.4. The van der Waals surface area contributed by atoms with Gasteiger partial charge in [0.15, 0.2) is 17.6 Å². The fraction of sp³-hybridized carbons (Fsp3) is 0.300. The van der Waals surface area contributed by atoms with Gasteiger partial charge in [0.2, 0.25) is 0 Å². The average Bonchev–Trinajstić information content (AvgIpc) is 3.08. The molecule has 0 bridgehead atoms. The number of esters is 1. The largest absolute Gasteiger partial charge is 0.489 e. The van der Waals surface area contributed by atoms with Crippen molar-refractivity contribution >= 4 is 29.6 Å². The number of benzene rings is 1. The Hall–Kier alpha value is -2.93. The minimum absolute atomic E-state index is 0.221. The first-order valence-corrected chi connectivity index (χ1v) is 9.18. The van der Waals surface area contributed by atoms with Crippen LogP contribution in [-0.4, -0.2) is 31.2 Å². The number of hydrogen-bond donors (Lipinski definition) is 1. The number of ether oxygens (including phenoxy) is 3. The highest BCUT2D eigenvalue weighted by molar-refractivity contribution is 6.32. The molecule has 3 rings (SSSR count). The fourth-order valence-corrected chi connectivity index (χ4v) is 2.78. The molecule has 1 aliphatic rings. The smallest absolute Gasteiger partial charge is 0.331 e. The molecule has 0 fully saturated rings. The molecular weight excluding hydrogens is 386 g/mol. The van der Waals surface area contributed by atoms with Gasteiger partial charge in [-0.2, -0.15) is 0 Å². The molecule has 0 saturated carbocycles. The highest BCUT2D eigenvalue weighted by atomic mass is 35.5. The lowest BCUT2D eigenvalue weighted by atomic mass is 10.2. The summed E-state index contributed by atoms with van der Waals surface area (Å²) in [7, 11) is 0. The first-order chi connectivity index (χ1) is 13.5. The standard InChI is InChI=1S/C20H20ClNO6/c1-13(20(24)22-12-15-4-2-7-25-15)28-18(23)6-5-14-10-16(21)19-17(11-14)26-8-3-9-27-19/h2,4-7,10-11,13H,3,8-9,12H2,1H3,(H,22,24)/b6-5+/t13-/m0/s1. The Kier molecular flexibility index (Phi) is 6.60. The number of fused-ring (bicyclic) bond motifs is 1. The van der Waals surface area contributed by atoms with Crippen molar-refractivity contribution in [3.05, 3.63) is 53.0 Å². The van der Waals surface area contributed by atoms with E-state index in [1.807, 2.05) is 0 Å². The SMILES string of the molecule is C[C@H](OC(=O)/C=C/c1cc(Cl)c2c(c1)OCCCO2)C(=O)NCc1ccco1. The number of nitrogens with one attached hydrogen (secondary N) is 1. The van der Waals surface area contributed by atoms with Crippen LogP contribution in [0.1, 0.15) is 24.7 Å². The Bertz CT molecular complexity index is 862. The van der Waals surface area contributed by atoms with E-state index in [9.17, 15) is 9.59 Å². The van der Waals surface area contributed by atoms with Gasteiger partial charge in [-0.25, -0.2) is 4.79 Å². The summed E-state index contributed by atoms with van der Waals surface area (Å²) in [6, 6.07) is 6.86. The zero-order valence-corrected chi connectivity index (χ0v) is 16.0. The van der Waals surface area contributed by atoms with Gasteiger partial charge in [-0.15, -0.1) is 0 Å². The van der Waals surface area contributed by atoms with Crippen molar-refractivity contribution in [1.82, 2.24) is 5.32 Å². The Labute approximate surface area is 167 Å². The van der Waals surface area contributed by atoms with E-state index in [0.29, 0.717) is 41.1 Å². The van der Waals surface area contributed by atoms with Crippen LogP contribution >= 0.6 is 11.6 Å². The molecule has 28 heavy (non-hydrogen) atoms. The predicted molar refractivity (Wildman–Crippen MR) is 102 cm³/mol. The van der Waals surface area contributed by atoms with Crippen molar-refractivity contribution in [1.29, 1.82) is 0 Å². The molecule has 1 aromatic heterocycles. The third-order valence-corrected chi connectivity index (χ3v) is 4.20. The first kappa shape index (κ1) is 19.8. The maximum Gasteiger partial charge on any atom is 0.331 e. The molecule has 8 heteroatoms. The van der Waals surface area contributed by atoms with Crippen LogP contribution in [0.5, 0.6) is 11.5 Å². The highest BCUT2D eigenvalue weighted by Gasteiger charge is 2.17. The summed E-state index contributed by atoms with van der Waals surface area (Å²) in [4.78, 5) is 24.0. The second-order valence-corrected chi connectivity index (χ2v) is 6.50. The maximum atomic E-state index is 12.0. The normalized spacial score (nSPS) is 14.4. The first-order valence-electron chi connectivity index (χ1n) is 8.81. The lowest BCUT2D eigenvalue weighted by Crippen LogP contribution is -2.35. The third kappa shape index (κ3) is 5.29. The summed E-state index contributed by atoms with van der Waals surface area (Å²) >= 11 is 6.22. The number of halogens is 1. The molecule has 0 unspecified atom stereocenters. The van der Waals surface area contributed by atoms with Crippen LogP contribution in [0.3, 0.4) is 0 Å². The molecule has 2 aromatic rings. The second-order valence-electron chi connectivity index (χ2n) is 6.09. The average molecular weight is 406 g/mol. The Morgan fingerprint density at radius 1 is 1.32 bits per heavy atom. The lowest BCUT2D eigenvalue weighted by Gasteiger charge is -2.12. The van der Waals surface area contributed by atoms with Crippen LogP contribution in [0.4, 0.5) is 0 Å². The minimum atomic E-state index is -0.945. The van der Waals surface area contributed by atoms with E-state index < -0.39 is 18.0 Å². The molecular formula is C20H20ClNO6. The third-order valence-electron chi connectivity index (χ3n) is 3.92. The summed E-state index contributed by atoms with van der Waals surface area (Å²) in [6.45, 7) is 2.78. The van der Waals surface area contributed by atoms with Crippen LogP contribution in [-0.2, 0) is 20.9 Å². The number of hydrogen-bond acceptors (Lipinski definition) is 6. The molecule has 0 radical (unpaired) electrons. The van der Waals surface area contributed by atoms with Gasteiger partial charge in [-0.1, -0.05) is 11.6 Å². The van der Waals surface area contributed by atoms with Crippen LogP contribution < -0.4 is 14.8 Å². The lowest BCUT2D eigenvalue weighted by molar-refractivity contribution is -0.150. The number of carbonyl (C=O) groups excluding carboxylic acids is 2. The molecule has 1 amide bonds. The van der Waals surface area contributed by atoms with Gasteiger partial charge in [-0.05, 0) is 42.8 Å². The molecule has 0 aliphatic carbocycles. The second kappa shape index (κ2) is 9.32. The number of amides is 1. The van der Waals surface area contributed by atoms with Crippen molar-refractivity contribution < 1.29 is 28.2 Å². The van der Waals surface area contributed by atoms with E-state index in [-0.39, 0.29) is 6.54 Å². The summed E-state index contributed by atoms with van der Waals surface area (Å²) in [5, 5.41) is 3.03. The van der Waals surface area contributed by atoms with Gasteiger partial charge in [0.25, 0.3) is 5.91 Å². The number of furan rings is 1. The summed E-state index contributed by atoms with van der Waals surface area (Å²) in [5.41, 5.74) is 0.654. The van der Waals surface area contributed by atoms with Crippen molar-refractivity contribution in [3.63, 3.8) is 0 Å². The van der Waals surface area contributed by atoms with Crippen molar-refractivity contribution in [2.45, 2.75) is 26.0 Å². The van der Waals surface area contributed by atoms with Crippen LogP contribution in [0.2, 0.25) is 5.02 Å². The van der Waals surface area contributed by atoms with E-state index in [4.69, 9.17) is 30.2 Å². The Morgan fingerprint density at radius 3 is 2.93 bits per heavy atom. The molecule has 1 aromatic carbocycles. The topological polar surface area (TPSA) is 87.0 Å². The quantitative estimate of drug-likeness (QED) is 0.585. The van der Waals surface area contributed by atoms with Gasteiger partial charge in [0.1, 0.15) is 5.76 Å². The van der Waals surface area contributed by atoms with Gasteiger partial charge in [0, 0.05) is 12.5 Å². The van der Waals surface area contributed by atoms with Crippen LogP contribution in [0.15, 0.2) is 41.0 Å². The van der Waals surface area contributed by atoms with E-state index in [1.165, 1.54) is 25.3 Å². The minimum Gasteiger partial charge on any atom is -0.489 e. The molecule has 148 valence electrons.